The van der Waals surface area contributed by atoms with E-state index in [0.29, 0.717) is 23.7 Å². The van der Waals surface area contributed by atoms with Gasteiger partial charge in [-0.2, -0.15) is 5.26 Å². The molecule has 0 aliphatic rings. The number of hydrogen-bond donors (Lipinski definition) is 2. The molecule has 0 heterocycles. The number of carbonyl (C=O) groups is 1. The SMILES string of the molecule is CCCCCCC(CNC(=O)Nc1ccc(C#N)cc1)c1ccccc1. The lowest BCUT2D eigenvalue weighted by Gasteiger charge is -2.18. The number of nitrogens with one attached hydrogen (secondary N) is 2. The second-order valence-corrected chi connectivity index (χ2v) is 6.48. The monoisotopic (exact) mass is 349 g/mol. The van der Waals surface area contributed by atoms with Gasteiger partial charge in [-0.05, 0) is 36.2 Å². The molecule has 1 atom stereocenters. The van der Waals surface area contributed by atoms with Crippen LogP contribution in [0.25, 0.3) is 0 Å². The van der Waals surface area contributed by atoms with E-state index in [4.69, 9.17) is 5.26 Å². The van der Waals surface area contributed by atoms with Gasteiger partial charge in [-0.1, -0.05) is 62.9 Å². The Bertz CT molecular complexity index is 704. The van der Waals surface area contributed by atoms with Crippen LogP contribution in [0.4, 0.5) is 10.5 Å². The molecule has 1 unspecified atom stereocenters. The highest BCUT2D eigenvalue weighted by Crippen LogP contribution is 2.22. The molecule has 0 fully saturated rings. The van der Waals surface area contributed by atoms with Crippen LogP contribution in [0.2, 0.25) is 0 Å². The molecule has 2 amide bonds. The molecule has 0 saturated heterocycles. The number of urea groups is 1. The summed E-state index contributed by atoms with van der Waals surface area (Å²) in [7, 11) is 0. The third kappa shape index (κ3) is 6.60. The number of anilines is 1. The van der Waals surface area contributed by atoms with Gasteiger partial charge in [-0.15, -0.1) is 0 Å². The Balaban J connectivity index is 1.88. The molecule has 4 nitrogen and oxygen atoms in total. The zero-order valence-electron chi connectivity index (χ0n) is 15.4. The summed E-state index contributed by atoms with van der Waals surface area (Å²) >= 11 is 0. The maximum atomic E-state index is 12.2. The third-order valence-corrected chi connectivity index (χ3v) is 4.46. The fourth-order valence-electron chi connectivity index (χ4n) is 2.95. The Morgan fingerprint density at radius 2 is 1.77 bits per heavy atom. The van der Waals surface area contributed by atoms with Crippen LogP contribution in [-0.4, -0.2) is 12.6 Å². The summed E-state index contributed by atoms with van der Waals surface area (Å²) in [6.07, 6.45) is 5.96. The van der Waals surface area contributed by atoms with Crippen molar-refractivity contribution in [3.63, 3.8) is 0 Å². The van der Waals surface area contributed by atoms with E-state index in [2.05, 4.69) is 35.8 Å². The van der Waals surface area contributed by atoms with E-state index in [1.54, 1.807) is 24.3 Å². The zero-order chi connectivity index (χ0) is 18.6. The number of hydrogen-bond acceptors (Lipinski definition) is 2. The van der Waals surface area contributed by atoms with Gasteiger partial charge in [0.25, 0.3) is 0 Å². The number of rotatable bonds is 9. The lowest BCUT2D eigenvalue weighted by molar-refractivity contribution is 0.251. The first-order chi connectivity index (χ1) is 12.7. The van der Waals surface area contributed by atoms with E-state index >= 15 is 0 Å². The minimum atomic E-state index is -0.218. The van der Waals surface area contributed by atoms with Gasteiger partial charge in [0.15, 0.2) is 0 Å². The fourth-order valence-corrected chi connectivity index (χ4v) is 2.95. The predicted octanol–water partition coefficient (Wildman–Crippen LogP) is 5.43. The van der Waals surface area contributed by atoms with Crippen molar-refractivity contribution in [2.24, 2.45) is 0 Å². The van der Waals surface area contributed by atoms with Crippen molar-refractivity contribution in [1.82, 2.24) is 5.32 Å². The molecule has 0 aliphatic heterocycles. The molecular weight excluding hydrogens is 322 g/mol. The van der Waals surface area contributed by atoms with Crippen LogP contribution in [0, 0.1) is 11.3 Å². The lowest BCUT2D eigenvalue weighted by Crippen LogP contribution is -2.32. The fraction of sp³-hybridized carbons (Fsp3) is 0.364. The van der Waals surface area contributed by atoms with Crippen LogP contribution in [-0.2, 0) is 0 Å². The van der Waals surface area contributed by atoms with Crippen molar-refractivity contribution in [2.75, 3.05) is 11.9 Å². The van der Waals surface area contributed by atoms with Crippen molar-refractivity contribution >= 4 is 11.7 Å². The summed E-state index contributed by atoms with van der Waals surface area (Å²) in [5.41, 5.74) is 2.52. The van der Waals surface area contributed by atoms with E-state index in [9.17, 15) is 4.79 Å². The Morgan fingerprint density at radius 1 is 1.04 bits per heavy atom. The van der Waals surface area contributed by atoms with Crippen LogP contribution in [0.1, 0.15) is 56.1 Å². The van der Waals surface area contributed by atoms with Gasteiger partial charge in [0.05, 0.1) is 11.6 Å². The van der Waals surface area contributed by atoms with Crippen molar-refractivity contribution in [3.05, 3.63) is 65.7 Å². The molecule has 4 heteroatoms. The Labute approximate surface area is 156 Å². The van der Waals surface area contributed by atoms with Crippen LogP contribution in [0.3, 0.4) is 0 Å². The quantitative estimate of drug-likeness (QED) is 0.593. The average Bonchev–Trinajstić information content (AvgIpc) is 2.68. The van der Waals surface area contributed by atoms with E-state index in [1.807, 2.05) is 18.2 Å². The molecule has 2 aromatic rings. The van der Waals surface area contributed by atoms with Crippen molar-refractivity contribution < 1.29 is 4.79 Å². The maximum Gasteiger partial charge on any atom is 0.319 e. The molecular formula is C22H27N3O. The number of nitrogens with zero attached hydrogens (tertiary/aromatic N) is 1. The second kappa shape index (κ2) is 10.9. The maximum absolute atomic E-state index is 12.2. The number of carbonyl (C=O) groups excluding carboxylic acids is 1. The van der Waals surface area contributed by atoms with E-state index < -0.39 is 0 Å². The molecule has 2 N–H and O–H groups in total. The van der Waals surface area contributed by atoms with Crippen LogP contribution in [0.5, 0.6) is 0 Å². The molecule has 0 spiro atoms. The summed E-state index contributed by atoms with van der Waals surface area (Å²) in [5, 5.41) is 14.6. The van der Waals surface area contributed by atoms with Crippen LogP contribution < -0.4 is 10.6 Å². The summed E-state index contributed by atoms with van der Waals surface area (Å²) in [5.74, 6) is 0.319. The van der Waals surface area contributed by atoms with Crippen LogP contribution in [0.15, 0.2) is 54.6 Å². The van der Waals surface area contributed by atoms with Gasteiger partial charge in [-0.25, -0.2) is 4.79 Å². The topological polar surface area (TPSA) is 64.9 Å². The minimum absolute atomic E-state index is 0.218. The second-order valence-electron chi connectivity index (χ2n) is 6.48. The van der Waals surface area contributed by atoms with Gasteiger partial charge in [0.1, 0.15) is 0 Å². The summed E-state index contributed by atoms with van der Waals surface area (Å²) < 4.78 is 0. The first kappa shape index (κ1) is 19.5. The first-order valence-electron chi connectivity index (χ1n) is 9.33. The van der Waals surface area contributed by atoms with Crippen molar-refractivity contribution in [1.29, 1.82) is 5.26 Å². The predicted molar refractivity (Wildman–Crippen MR) is 106 cm³/mol. The normalized spacial score (nSPS) is 11.4. The molecule has 0 aromatic heterocycles. The largest absolute Gasteiger partial charge is 0.337 e. The Morgan fingerprint density at radius 3 is 2.42 bits per heavy atom. The van der Waals surface area contributed by atoms with Gasteiger partial charge < -0.3 is 10.6 Å². The zero-order valence-corrected chi connectivity index (χ0v) is 15.4. The van der Waals surface area contributed by atoms with Crippen molar-refractivity contribution in [2.45, 2.75) is 44.9 Å². The van der Waals surface area contributed by atoms with E-state index in [1.165, 1.54) is 31.2 Å². The Kier molecular flexibility index (Phi) is 8.21. The van der Waals surface area contributed by atoms with Gasteiger partial charge >= 0.3 is 6.03 Å². The standard InChI is InChI=1S/C22H27N3O/c1-2-3-4-6-11-20(19-9-7-5-8-10-19)17-24-22(26)25-21-14-12-18(16-23)13-15-21/h5,7-10,12-15,20H,2-4,6,11,17H2,1H3,(H2,24,25,26). The third-order valence-electron chi connectivity index (χ3n) is 4.46. The van der Waals surface area contributed by atoms with Gasteiger partial charge in [0.2, 0.25) is 0 Å². The highest BCUT2D eigenvalue weighted by Gasteiger charge is 2.13. The molecule has 2 aromatic carbocycles. The molecule has 2 rings (SSSR count). The molecule has 136 valence electrons. The number of unbranched alkanes of at least 4 members (excludes halogenated alkanes) is 3. The van der Waals surface area contributed by atoms with Crippen LogP contribution >= 0.6 is 0 Å². The summed E-state index contributed by atoms with van der Waals surface area (Å²) in [6, 6.07) is 19.1. The van der Waals surface area contributed by atoms with E-state index in [0.717, 1.165) is 6.42 Å². The summed E-state index contributed by atoms with van der Waals surface area (Å²) in [4.78, 5) is 12.2. The highest BCUT2D eigenvalue weighted by atomic mass is 16.2. The number of amides is 2. The lowest BCUT2D eigenvalue weighted by atomic mass is 9.93. The Hall–Kier alpha value is -2.80. The first-order valence-corrected chi connectivity index (χ1v) is 9.33. The van der Waals surface area contributed by atoms with Crippen molar-refractivity contribution in [3.8, 4) is 6.07 Å². The molecule has 26 heavy (non-hydrogen) atoms. The molecule has 0 bridgehead atoms. The number of benzene rings is 2. The molecule has 0 aliphatic carbocycles. The summed E-state index contributed by atoms with van der Waals surface area (Å²) in [6.45, 7) is 2.82. The average molecular weight is 349 g/mol. The smallest absolute Gasteiger partial charge is 0.319 e. The van der Waals surface area contributed by atoms with Gasteiger partial charge in [0, 0.05) is 18.2 Å². The van der Waals surface area contributed by atoms with E-state index in [-0.39, 0.29) is 6.03 Å². The van der Waals surface area contributed by atoms with Gasteiger partial charge in [-0.3, -0.25) is 0 Å². The molecule has 0 radical (unpaired) electrons. The highest BCUT2D eigenvalue weighted by molar-refractivity contribution is 5.89. The minimum Gasteiger partial charge on any atom is -0.337 e. The molecule has 0 saturated carbocycles. The number of nitriles is 1.